The van der Waals surface area contributed by atoms with E-state index < -0.39 is 7.12 Å². The van der Waals surface area contributed by atoms with Gasteiger partial charge in [0.25, 0.3) is 0 Å². The molecule has 1 fully saturated rings. The van der Waals surface area contributed by atoms with E-state index in [1.807, 2.05) is 33.8 Å². The molecule has 0 unspecified atom stereocenters. The predicted octanol–water partition coefficient (Wildman–Crippen LogP) is 2.03. The third-order valence-corrected chi connectivity index (χ3v) is 3.85. The summed E-state index contributed by atoms with van der Waals surface area (Å²) in [5.74, 6) is 0.690. The van der Waals surface area contributed by atoms with Gasteiger partial charge in [-0.2, -0.15) is 0 Å². The van der Waals surface area contributed by atoms with Gasteiger partial charge in [-0.05, 0) is 33.8 Å². The Kier molecular flexibility index (Phi) is 3.45. The summed E-state index contributed by atoms with van der Waals surface area (Å²) in [7, 11) is 1.15. The lowest BCUT2D eigenvalue weighted by Gasteiger charge is -2.32. The fourth-order valence-electron chi connectivity index (χ4n) is 1.90. The van der Waals surface area contributed by atoms with E-state index in [9.17, 15) is 0 Å². The Bertz CT molecular complexity index is 483. The highest BCUT2D eigenvalue weighted by atomic mass is 16.7. The predicted molar refractivity (Wildman–Crippen MR) is 76.6 cm³/mol. The van der Waals surface area contributed by atoms with Gasteiger partial charge in [-0.1, -0.05) is 12.7 Å². The lowest BCUT2D eigenvalue weighted by Crippen LogP contribution is -2.41. The molecule has 2 rings (SSSR count). The van der Waals surface area contributed by atoms with Crippen LogP contribution in [0, 0.1) is 0 Å². The third kappa shape index (κ3) is 2.40. The average Bonchev–Trinajstić information content (AvgIpc) is 2.57. The van der Waals surface area contributed by atoms with Crippen LogP contribution in [0.25, 0.3) is 6.08 Å². The summed E-state index contributed by atoms with van der Waals surface area (Å²) in [6, 6.07) is 1.88. The Morgan fingerprint density at radius 1 is 1.26 bits per heavy atom. The molecular formula is C14H20BNO3. The van der Waals surface area contributed by atoms with Crippen LogP contribution in [0.4, 0.5) is 0 Å². The SMILES string of the molecule is C=Cc1cc(B2OC(C)(C)C(C)(C)O2)ncc1OC. The number of hydrogen-bond donors (Lipinski definition) is 0. The van der Waals surface area contributed by atoms with E-state index in [4.69, 9.17) is 14.0 Å². The van der Waals surface area contributed by atoms with Crippen molar-refractivity contribution in [3.63, 3.8) is 0 Å². The van der Waals surface area contributed by atoms with E-state index in [-0.39, 0.29) is 11.2 Å². The van der Waals surface area contributed by atoms with Gasteiger partial charge in [0.05, 0.1) is 30.1 Å². The molecule has 19 heavy (non-hydrogen) atoms. The maximum absolute atomic E-state index is 5.96. The van der Waals surface area contributed by atoms with Crippen LogP contribution >= 0.6 is 0 Å². The third-order valence-electron chi connectivity index (χ3n) is 3.85. The normalized spacial score (nSPS) is 20.4. The number of pyridine rings is 1. The monoisotopic (exact) mass is 261 g/mol. The van der Waals surface area contributed by atoms with Gasteiger partial charge in [0.1, 0.15) is 5.75 Å². The van der Waals surface area contributed by atoms with Crippen LogP contribution in [-0.4, -0.2) is 30.4 Å². The van der Waals surface area contributed by atoms with Crippen molar-refractivity contribution in [3.8, 4) is 5.75 Å². The van der Waals surface area contributed by atoms with Gasteiger partial charge in [0.15, 0.2) is 0 Å². The van der Waals surface area contributed by atoms with Crippen LogP contribution in [0.15, 0.2) is 18.8 Å². The second-order valence-electron chi connectivity index (χ2n) is 5.64. The minimum absolute atomic E-state index is 0.367. The van der Waals surface area contributed by atoms with Gasteiger partial charge in [0, 0.05) is 5.56 Å². The van der Waals surface area contributed by atoms with Gasteiger partial charge in [-0.3, -0.25) is 4.98 Å². The summed E-state index contributed by atoms with van der Waals surface area (Å²) in [4.78, 5) is 4.35. The number of methoxy groups -OCH3 is 1. The Labute approximate surface area is 114 Å². The van der Waals surface area contributed by atoms with Crippen LogP contribution in [0.3, 0.4) is 0 Å². The second-order valence-corrected chi connectivity index (χ2v) is 5.64. The van der Waals surface area contributed by atoms with Crippen molar-refractivity contribution in [1.82, 2.24) is 4.98 Å². The summed E-state index contributed by atoms with van der Waals surface area (Å²) in [6.45, 7) is 11.9. The van der Waals surface area contributed by atoms with E-state index in [0.717, 1.165) is 11.2 Å². The van der Waals surface area contributed by atoms with Crippen LogP contribution in [0.1, 0.15) is 33.3 Å². The molecule has 1 aliphatic heterocycles. The van der Waals surface area contributed by atoms with Crippen molar-refractivity contribution in [2.24, 2.45) is 0 Å². The van der Waals surface area contributed by atoms with Gasteiger partial charge >= 0.3 is 7.12 Å². The largest absolute Gasteiger partial charge is 0.514 e. The number of hydrogen-bond acceptors (Lipinski definition) is 4. The molecule has 1 saturated heterocycles. The maximum Gasteiger partial charge on any atom is 0.514 e. The molecule has 0 spiro atoms. The molecule has 2 heterocycles. The zero-order valence-electron chi connectivity index (χ0n) is 12.2. The fraction of sp³-hybridized carbons (Fsp3) is 0.500. The molecule has 0 atom stereocenters. The second kappa shape index (κ2) is 4.65. The number of nitrogens with zero attached hydrogens (tertiary/aromatic N) is 1. The number of aromatic nitrogens is 1. The summed E-state index contributed by atoms with van der Waals surface area (Å²) in [5.41, 5.74) is 0.873. The maximum atomic E-state index is 5.96. The van der Waals surface area contributed by atoms with Crippen molar-refractivity contribution in [2.45, 2.75) is 38.9 Å². The zero-order valence-corrected chi connectivity index (χ0v) is 12.2. The molecule has 1 aliphatic rings. The Balaban J connectivity index is 2.32. The first-order valence-corrected chi connectivity index (χ1v) is 6.33. The molecule has 1 aromatic heterocycles. The summed E-state index contributed by atoms with van der Waals surface area (Å²) in [5, 5.41) is 0. The fourth-order valence-corrected chi connectivity index (χ4v) is 1.90. The van der Waals surface area contributed by atoms with Crippen molar-refractivity contribution >= 4 is 18.8 Å². The highest BCUT2D eigenvalue weighted by molar-refractivity contribution is 6.61. The highest BCUT2D eigenvalue weighted by Gasteiger charge is 2.52. The number of ether oxygens (including phenoxy) is 1. The smallest absolute Gasteiger partial charge is 0.495 e. The van der Waals surface area contributed by atoms with Gasteiger partial charge in [0.2, 0.25) is 0 Å². The van der Waals surface area contributed by atoms with E-state index in [1.54, 1.807) is 19.4 Å². The van der Waals surface area contributed by atoms with E-state index in [2.05, 4.69) is 11.6 Å². The minimum atomic E-state index is -0.463. The highest BCUT2D eigenvalue weighted by Crippen LogP contribution is 2.36. The first-order chi connectivity index (χ1) is 8.80. The van der Waals surface area contributed by atoms with Crippen molar-refractivity contribution in [1.29, 1.82) is 0 Å². The lowest BCUT2D eigenvalue weighted by atomic mass is 9.83. The van der Waals surface area contributed by atoms with Gasteiger partial charge in [-0.25, -0.2) is 0 Å². The summed E-state index contributed by atoms with van der Waals surface area (Å²) < 4.78 is 17.1. The van der Waals surface area contributed by atoms with E-state index in [1.165, 1.54) is 0 Å². The molecule has 0 radical (unpaired) electrons. The van der Waals surface area contributed by atoms with Crippen LogP contribution in [-0.2, 0) is 9.31 Å². The minimum Gasteiger partial charge on any atom is -0.495 e. The Morgan fingerprint density at radius 3 is 2.32 bits per heavy atom. The summed E-state index contributed by atoms with van der Waals surface area (Å²) >= 11 is 0. The molecule has 102 valence electrons. The Morgan fingerprint density at radius 2 is 1.84 bits per heavy atom. The topological polar surface area (TPSA) is 40.6 Å². The lowest BCUT2D eigenvalue weighted by molar-refractivity contribution is 0.00578. The van der Waals surface area contributed by atoms with Crippen molar-refractivity contribution in [3.05, 3.63) is 24.4 Å². The molecule has 1 aromatic rings. The molecule has 0 aliphatic carbocycles. The number of rotatable bonds is 3. The van der Waals surface area contributed by atoms with Crippen LogP contribution in [0.5, 0.6) is 5.75 Å². The quantitative estimate of drug-likeness (QED) is 0.780. The molecule has 0 amide bonds. The van der Waals surface area contributed by atoms with E-state index >= 15 is 0 Å². The summed E-state index contributed by atoms with van der Waals surface area (Å²) in [6.07, 6.45) is 3.40. The zero-order chi connectivity index (χ0) is 14.3. The van der Waals surface area contributed by atoms with E-state index in [0.29, 0.717) is 5.75 Å². The molecule has 0 aromatic carbocycles. The van der Waals surface area contributed by atoms with Crippen molar-refractivity contribution < 1.29 is 14.0 Å². The first-order valence-electron chi connectivity index (χ1n) is 6.33. The molecule has 0 saturated carbocycles. The van der Waals surface area contributed by atoms with Crippen LogP contribution in [0.2, 0.25) is 0 Å². The molecule has 4 nitrogen and oxygen atoms in total. The van der Waals surface area contributed by atoms with Crippen molar-refractivity contribution in [2.75, 3.05) is 7.11 Å². The standard InChI is InChI=1S/C14H20BNO3/c1-7-10-8-12(16-9-11(10)17-6)15-18-13(2,3)14(4,5)19-15/h7-9H,1H2,2-6H3. The molecular weight excluding hydrogens is 241 g/mol. The molecule has 0 N–H and O–H groups in total. The average molecular weight is 261 g/mol. The van der Waals surface area contributed by atoms with Crippen LogP contribution < -0.4 is 10.3 Å². The molecule has 0 bridgehead atoms. The molecule has 5 heteroatoms. The van der Waals surface area contributed by atoms with Gasteiger partial charge < -0.3 is 14.0 Å². The first kappa shape index (κ1) is 14.1. The van der Waals surface area contributed by atoms with Gasteiger partial charge in [-0.15, -0.1) is 0 Å². The Hall–Kier alpha value is -1.33.